The van der Waals surface area contributed by atoms with Gasteiger partial charge in [-0.25, -0.2) is 0 Å². The molecule has 1 aliphatic rings. The molecule has 0 spiro atoms. The number of amides is 1. The van der Waals surface area contributed by atoms with Gasteiger partial charge in [0.15, 0.2) is 5.82 Å². The van der Waals surface area contributed by atoms with Crippen molar-refractivity contribution in [2.75, 3.05) is 5.32 Å². The minimum absolute atomic E-state index is 0.0264. The van der Waals surface area contributed by atoms with Crippen molar-refractivity contribution in [1.82, 2.24) is 10.1 Å². The zero-order valence-corrected chi connectivity index (χ0v) is 13.6. The van der Waals surface area contributed by atoms with Crippen LogP contribution in [-0.4, -0.2) is 21.3 Å². The van der Waals surface area contributed by atoms with E-state index in [1.807, 2.05) is 54.6 Å². The molecular formula is C18H15N3O2S. The number of para-hydroxylation sites is 1. The van der Waals surface area contributed by atoms with E-state index in [1.54, 1.807) is 0 Å². The number of nitrogens with zero attached hydrogens (tertiary/aromatic N) is 2. The average molecular weight is 337 g/mol. The molecule has 2 aromatic carbocycles. The molecule has 0 fully saturated rings. The largest absolute Gasteiger partial charge is 0.339 e. The fourth-order valence-electron chi connectivity index (χ4n) is 2.61. The van der Waals surface area contributed by atoms with Gasteiger partial charge in [0.2, 0.25) is 11.8 Å². The highest BCUT2D eigenvalue weighted by atomic mass is 32.2. The highest BCUT2D eigenvalue weighted by Gasteiger charge is 2.28. The Hall–Kier alpha value is -2.60. The fraction of sp³-hybridized carbons (Fsp3) is 0.167. The second kappa shape index (κ2) is 6.49. The van der Waals surface area contributed by atoms with Crippen molar-refractivity contribution >= 4 is 23.4 Å². The number of carbonyl (C=O) groups excluding carboxylic acids is 1. The number of hydrogen-bond acceptors (Lipinski definition) is 5. The first-order valence-corrected chi connectivity index (χ1v) is 8.58. The van der Waals surface area contributed by atoms with Crippen molar-refractivity contribution < 1.29 is 9.32 Å². The van der Waals surface area contributed by atoms with E-state index in [2.05, 4.69) is 15.5 Å². The van der Waals surface area contributed by atoms with Crippen molar-refractivity contribution in [3.8, 4) is 0 Å². The van der Waals surface area contributed by atoms with Crippen LogP contribution in [0.5, 0.6) is 0 Å². The fourth-order valence-corrected chi connectivity index (χ4v) is 3.71. The lowest BCUT2D eigenvalue weighted by Crippen LogP contribution is -2.30. The van der Waals surface area contributed by atoms with Crippen LogP contribution in [0.1, 0.15) is 17.3 Å². The van der Waals surface area contributed by atoms with Gasteiger partial charge in [-0.05, 0) is 17.7 Å². The summed E-state index contributed by atoms with van der Waals surface area (Å²) in [6.07, 6.45) is 1.05. The molecule has 0 radical (unpaired) electrons. The Morgan fingerprint density at radius 2 is 1.88 bits per heavy atom. The van der Waals surface area contributed by atoms with Crippen LogP contribution >= 0.6 is 11.8 Å². The number of carbonyl (C=O) groups is 1. The molecule has 3 aromatic rings. The van der Waals surface area contributed by atoms with Crippen LogP contribution in [-0.2, 0) is 17.6 Å². The quantitative estimate of drug-likeness (QED) is 0.791. The maximum atomic E-state index is 12.2. The van der Waals surface area contributed by atoms with Crippen molar-refractivity contribution in [1.29, 1.82) is 0 Å². The number of nitrogens with one attached hydrogen (secondary N) is 1. The molecule has 0 aliphatic carbocycles. The summed E-state index contributed by atoms with van der Waals surface area (Å²) >= 11 is 1.53. The number of rotatable bonds is 4. The van der Waals surface area contributed by atoms with Gasteiger partial charge >= 0.3 is 0 Å². The molecule has 1 amide bonds. The van der Waals surface area contributed by atoms with E-state index in [1.165, 1.54) is 11.8 Å². The number of hydrogen-bond donors (Lipinski definition) is 1. The van der Waals surface area contributed by atoms with Gasteiger partial charge in [0.25, 0.3) is 0 Å². The molecule has 1 atom stereocenters. The second-order valence-corrected chi connectivity index (χ2v) is 6.81. The lowest BCUT2D eigenvalue weighted by atomic mass is 10.1. The van der Waals surface area contributed by atoms with Gasteiger partial charge in [0.05, 0.1) is 10.9 Å². The number of aromatic nitrogens is 2. The standard InChI is InChI=1S/C18H15N3O2S/c22-18-15(24-14-9-5-4-8-13(14)19-18)11-17-20-16(21-23-17)10-12-6-2-1-3-7-12/h1-9,15H,10-11H2,(H,19,22)/t15-/m1/s1. The van der Waals surface area contributed by atoms with Crippen LogP contribution in [0.15, 0.2) is 64.0 Å². The number of thioether (sulfide) groups is 1. The summed E-state index contributed by atoms with van der Waals surface area (Å²) in [7, 11) is 0. The monoisotopic (exact) mass is 337 g/mol. The molecule has 0 bridgehead atoms. The smallest absolute Gasteiger partial charge is 0.238 e. The summed E-state index contributed by atoms with van der Waals surface area (Å²) in [4.78, 5) is 17.7. The molecule has 24 heavy (non-hydrogen) atoms. The van der Waals surface area contributed by atoms with Crippen LogP contribution in [0.3, 0.4) is 0 Å². The summed E-state index contributed by atoms with van der Waals surface area (Å²) < 4.78 is 5.32. The Balaban J connectivity index is 1.45. The molecule has 4 rings (SSSR count). The SMILES string of the molecule is O=C1Nc2ccccc2S[C@@H]1Cc1nc(Cc2ccccc2)no1. The van der Waals surface area contributed by atoms with E-state index in [0.717, 1.165) is 16.1 Å². The summed E-state index contributed by atoms with van der Waals surface area (Å²) in [5, 5.41) is 6.69. The van der Waals surface area contributed by atoms with Crippen LogP contribution < -0.4 is 5.32 Å². The molecular weight excluding hydrogens is 322 g/mol. The number of anilines is 1. The van der Waals surface area contributed by atoms with Gasteiger partial charge in [-0.1, -0.05) is 47.6 Å². The van der Waals surface area contributed by atoms with Gasteiger partial charge in [0, 0.05) is 17.7 Å². The molecule has 6 heteroatoms. The first-order valence-electron chi connectivity index (χ1n) is 7.70. The molecule has 120 valence electrons. The lowest BCUT2D eigenvalue weighted by Gasteiger charge is -2.22. The predicted molar refractivity (Wildman–Crippen MR) is 92.0 cm³/mol. The van der Waals surface area contributed by atoms with Gasteiger partial charge in [0.1, 0.15) is 0 Å². The zero-order chi connectivity index (χ0) is 16.4. The minimum Gasteiger partial charge on any atom is -0.339 e. The lowest BCUT2D eigenvalue weighted by molar-refractivity contribution is -0.115. The van der Waals surface area contributed by atoms with E-state index >= 15 is 0 Å². The molecule has 0 saturated carbocycles. The Kier molecular flexibility index (Phi) is 4.04. The van der Waals surface area contributed by atoms with Gasteiger partial charge in [-0.15, -0.1) is 11.8 Å². The Labute approximate surface area is 143 Å². The van der Waals surface area contributed by atoms with Crippen molar-refractivity contribution in [2.24, 2.45) is 0 Å². The maximum Gasteiger partial charge on any atom is 0.238 e. The van der Waals surface area contributed by atoms with Crippen LogP contribution in [0.4, 0.5) is 5.69 Å². The highest BCUT2D eigenvalue weighted by Crippen LogP contribution is 2.36. The average Bonchev–Trinajstić information content (AvgIpc) is 3.03. The predicted octanol–water partition coefficient (Wildman–Crippen LogP) is 3.32. The van der Waals surface area contributed by atoms with Gasteiger partial charge < -0.3 is 9.84 Å². The summed E-state index contributed by atoms with van der Waals surface area (Å²) in [5.74, 6) is 1.10. The summed E-state index contributed by atoms with van der Waals surface area (Å²) in [6.45, 7) is 0. The number of fused-ring (bicyclic) bond motifs is 1. The van der Waals surface area contributed by atoms with Gasteiger partial charge in [-0.2, -0.15) is 4.98 Å². The molecule has 1 aliphatic heterocycles. The third kappa shape index (κ3) is 3.19. The van der Waals surface area contributed by atoms with Gasteiger partial charge in [-0.3, -0.25) is 4.79 Å². The molecule has 1 aromatic heterocycles. The van der Waals surface area contributed by atoms with E-state index in [-0.39, 0.29) is 11.2 Å². The summed E-state index contributed by atoms with van der Waals surface area (Å²) in [6, 6.07) is 17.8. The Bertz CT molecular complexity index is 863. The van der Waals surface area contributed by atoms with E-state index in [4.69, 9.17) is 4.52 Å². The van der Waals surface area contributed by atoms with E-state index < -0.39 is 0 Å². The Morgan fingerprint density at radius 3 is 2.75 bits per heavy atom. The summed E-state index contributed by atoms with van der Waals surface area (Å²) in [5.41, 5.74) is 1.99. The highest BCUT2D eigenvalue weighted by molar-refractivity contribution is 8.01. The van der Waals surface area contributed by atoms with E-state index in [0.29, 0.717) is 24.6 Å². The van der Waals surface area contributed by atoms with Crippen molar-refractivity contribution in [3.63, 3.8) is 0 Å². The first-order chi connectivity index (χ1) is 11.8. The van der Waals surface area contributed by atoms with Crippen molar-refractivity contribution in [3.05, 3.63) is 71.9 Å². The molecule has 0 saturated heterocycles. The minimum atomic E-state index is -0.259. The third-order valence-electron chi connectivity index (χ3n) is 3.78. The topological polar surface area (TPSA) is 68.0 Å². The Morgan fingerprint density at radius 1 is 1.08 bits per heavy atom. The van der Waals surface area contributed by atoms with Crippen LogP contribution in [0.25, 0.3) is 0 Å². The molecule has 1 N–H and O–H groups in total. The van der Waals surface area contributed by atoms with Crippen LogP contribution in [0.2, 0.25) is 0 Å². The number of benzene rings is 2. The first kappa shape index (κ1) is 15.0. The molecule has 2 heterocycles. The second-order valence-electron chi connectivity index (χ2n) is 5.56. The maximum absolute atomic E-state index is 12.2. The molecule has 0 unspecified atom stereocenters. The van der Waals surface area contributed by atoms with Crippen molar-refractivity contribution in [2.45, 2.75) is 23.0 Å². The molecule has 5 nitrogen and oxygen atoms in total. The normalized spacial score (nSPS) is 16.5. The zero-order valence-electron chi connectivity index (χ0n) is 12.8. The van der Waals surface area contributed by atoms with E-state index in [9.17, 15) is 4.79 Å². The van der Waals surface area contributed by atoms with Crippen LogP contribution in [0, 0.1) is 0 Å². The third-order valence-corrected chi connectivity index (χ3v) is 5.06.